The number of alkyl halides is 3. The maximum Gasteiger partial charge on any atom is 0.416 e. The number of benzene rings is 1. The van der Waals surface area contributed by atoms with E-state index in [1.54, 1.807) is 24.4 Å². The normalized spacial score (nSPS) is 14.8. The molecule has 0 aliphatic carbocycles. The van der Waals surface area contributed by atoms with Crippen LogP contribution in [0.2, 0.25) is 0 Å². The third kappa shape index (κ3) is 3.77. The van der Waals surface area contributed by atoms with Crippen LogP contribution in [0, 0.1) is 0 Å². The van der Waals surface area contributed by atoms with Gasteiger partial charge in [0.15, 0.2) is 5.65 Å². The van der Waals surface area contributed by atoms with Gasteiger partial charge in [0.2, 0.25) is 5.95 Å². The summed E-state index contributed by atoms with van der Waals surface area (Å²) in [7, 11) is 0. The van der Waals surface area contributed by atoms with Crippen molar-refractivity contribution < 1.29 is 13.2 Å². The monoisotopic (exact) mass is 374 g/mol. The molecule has 3 aromatic rings. The first-order chi connectivity index (χ1) is 13.0. The molecule has 1 fully saturated rings. The Balaban J connectivity index is 1.63. The van der Waals surface area contributed by atoms with Crippen LogP contribution in [-0.2, 0) is 12.7 Å². The van der Waals surface area contributed by atoms with Crippen LogP contribution in [0.5, 0.6) is 0 Å². The predicted molar refractivity (Wildman–Crippen MR) is 96.4 cm³/mol. The van der Waals surface area contributed by atoms with Crippen molar-refractivity contribution in [3.8, 4) is 0 Å². The Kier molecular flexibility index (Phi) is 4.53. The van der Waals surface area contributed by atoms with E-state index < -0.39 is 11.7 Å². The van der Waals surface area contributed by atoms with Crippen molar-refractivity contribution in [3.05, 3.63) is 53.7 Å². The summed E-state index contributed by atoms with van der Waals surface area (Å²) < 4.78 is 39.6. The zero-order valence-electron chi connectivity index (χ0n) is 14.2. The molecule has 1 aliphatic rings. The van der Waals surface area contributed by atoms with Crippen molar-refractivity contribution in [1.82, 2.24) is 20.3 Å². The topological polar surface area (TPSA) is 74.8 Å². The van der Waals surface area contributed by atoms with Crippen LogP contribution in [0.3, 0.4) is 0 Å². The molecule has 0 saturated carbocycles. The first-order valence-corrected chi connectivity index (χ1v) is 8.50. The van der Waals surface area contributed by atoms with Gasteiger partial charge in [-0.15, -0.1) is 0 Å². The Morgan fingerprint density at radius 2 is 1.89 bits per heavy atom. The van der Waals surface area contributed by atoms with Crippen LogP contribution >= 0.6 is 0 Å². The molecule has 0 bridgehead atoms. The van der Waals surface area contributed by atoms with E-state index in [0.29, 0.717) is 22.8 Å². The van der Waals surface area contributed by atoms with Gasteiger partial charge in [-0.25, -0.2) is 4.98 Å². The number of pyridine rings is 1. The quantitative estimate of drug-likeness (QED) is 0.638. The number of rotatable bonds is 5. The molecule has 9 heteroatoms. The van der Waals surface area contributed by atoms with Gasteiger partial charge in [0.25, 0.3) is 0 Å². The first kappa shape index (κ1) is 17.5. The highest BCUT2D eigenvalue weighted by Gasteiger charge is 2.32. The lowest BCUT2D eigenvalue weighted by molar-refractivity contribution is -0.138. The van der Waals surface area contributed by atoms with E-state index in [9.17, 15) is 13.2 Å². The zero-order chi connectivity index (χ0) is 18.9. The number of nitrogens with one attached hydrogen (secondary N) is 3. The minimum absolute atomic E-state index is 0.0128. The van der Waals surface area contributed by atoms with Gasteiger partial charge in [-0.05, 0) is 23.8 Å². The molecule has 1 aliphatic heterocycles. The molecule has 0 unspecified atom stereocenters. The van der Waals surface area contributed by atoms with Gasteiger partial charge in [-0.3, -0.25) is 0 Å². The summed E-state index contributed by atoms with van der Waals surface area (Å²) in [4.78, 5) is 13.1. The van der Waals surface area contributed by atoms with Crippen molar-refractivity contribution in [2.24, 2.45) is 0 Å². The first-order valence-electron chi connectivity index (χ1n) is 8.50. The fourth-order valence-corrected chi connectivity index (χ4v) is 2.86. The lowest BCUT2D eigenvalue weighted by atomic mass is 10.1. The van der Waals surface area contributed by atoms with E-state index in [1.165, 1.54) is 12.1 Å². The van der Waals surface area contributed by atoms with Crippen LogP contribution in [0.15, 0.2) is 42.6 Å². The molecule has 140 valence electrons. The lowest BCUT2D eigenvalue weighted by Crippen LogP contribution is -2.51. The largest absolute Gasteiger partial charge is 0.416 e. The molecule has 3 heterocycles. The van der Waals surface area contributed by atoms with E-state index in [0.717, 1.165) is 19.2 Å². The van der Waals surface area contributed by atoms with E-state index >= 15 is 0 Å². The van der Waals surface area contributed by atoms with Crippen molar-refractivity contribution in [2.75, 3.05) is 23.7 Å². The molecular formula is C18H17F3N6. The van der Waals surface area contributed by atoms with Gasteiger partial charge < -0.3 is 16.0 Å². The Morgan fingerprint density at radius 3 is 2.63 bits per heavy atom. The highest BCUT2D eigenvalue weighted by molar-refractivity contribution is 5.87. The van der Waals surface area contributed by atoms with Gasteiger partial charge in [0, 0.05) is 25.8 Å². The van der Waals surface area contributed by atoms with Crippen molar-refractivity contribution in [1.29, 1.82) is 0 Å². The summed E-state index contributed by atoms with van der Waals surface area (Å²) in [6.45, 7) is 1.61. The van der Waals surface area contributed by atoms with E-state index in [2.05, 4.69) is 30.9 Å². The molecule has 0 radical (unpaired) electrons. The summed E-state index contributed by atoms with van der Waals surface area (Å²) in [5.74, 6) is 0.846. The van der Waals surface area contributed by atoms with Crippen LogP contribution in [0.1, 0.15) is 11.1 Å². The summed E-state index contributed by atoms with van der Waals surface area (Å²) in [5, 5.41) is 10.0. The van der Waals surface area contributed by atoms with Gasteiger partial charge in [-0.2, -0.15) is 23.1 Å². The van der Waals surface area contributed by atoms with E-state index in [4.69, 9.17) is 0 Å². The molecule has 4 rings (SSSR count). The third-order valence-electron chi connectivity index (χ3n) is 4.36. The number of halogens is 3. The van der Waals surface area contributed by atoms with Gasteiger partial charge in [-0.1, -0.05) is 18.2 Å². The smallest absolute Gasteiger partial charge is 0.365 e. The van der Waals surface area contributed by atoms with Gasteiger partial charge in [0.05, 0.1) is 17.0 Å². The second kappa shape index (κ2) is 6.99. The molecule has 27 heavy (non-hydrogen) atoms. The molecule has 0 amide bonds. The number of hydrogen-bond acceptors (Lipinski definition) is 6. The molecule has 0 spiro atoms. The molecule has 1 saturated heterocycles. The summed E-state index contributed by atoms with van der Waals surface area (Å²) in [5.41, 5.74) is -0.0277. The summed E-state index contributed by atoms with van der Waals surface area (Å²) >= 11 is 0. The highest BCUT2D eigenvalue weighted by atomic mass is 19.4. The second-order valence-electron chi connectivity index (χ2n) is 6.28. The minimum Gasteiger partial charge on any atom is -0.365 e. The Labute approximate surface area is 153 Å². The Morgan fingerprint density at radius 1 is 1.07 bits per heavy atom. The fraction of sp³-hybridized carbons (Fsp3) is 0.278. The number of nitrogens with zero attached hydrogens (tertiary/aromatic N) is 3. The molecule has 3 N–H and O–H groups in total. The maximum absolute atomic E-state index is 13.2. The number of anilines is 2. The number of aromatic nitrogens is 3. The molecular weight excluding hydrogens is 357 g/mol. The molecule has 0 atom stereocenters. The van der Waals surface area contributed by atoms with Crippen molar-refractivity contribution >= 4 is 22.8 Å². The third-order valence-corrected chi connectivity index (χ3v) is 4.36. The molecule has 6 nitrogen and oxygen atoms in total. The van der Waals surface area contributed by atoms with Crippen molar-refractivity contribution in [3.63, 3.8) is 0 Å². The average Bonchev–Trinajstić information content (AvgIpc) is 2.62. The Hall–Kier alpha value is -2.94. The second-order valence-corrected chi connectivity index (χ2v) is 6.28. The maximum atomic E-state index is 13.2. The number of hydrogen-bond donors (Lipinski definition) is 3. The standard InChI is InChI=1S/C18H17F3N6/c19-18(20,21)14-6-2-1-4-11(14)8-24-16-13-5-3-7-23-15(13)26-17(27-16)25-12-9-22-10-12/h1-7,12,22H,8-10H2,(H2,23,24,25,26,27). The molecule has 2 aromatic heterocycles. The number of fused-ring (bicyclic) bond motifs is 1. The van der Waals surface area contributed by atoms with Crippen LogP contribution in [-0.4, -0.2) is 34.1 Å². The molecule has 1 aromatic carbocycles. The Bertz CT molecular complexity index is 955. The predicted octanol–water partition coefficient (Wildman–Crippen LogP) is 3.04. The van der Waals surface area contributed by atoms with Crippen LogP contribution in [0.25, 0.3) is 11.0 Å². The van der Waals surface area contributed by atoms with Gasteiger partial charge in [0.1, 0.15) is 5.82 Å². The zero-order valence-corrected chi connectivity index (χ0v) is 14.2. The van der Waals surface area contributed by atoms with Crippen LogP contribution in [0.4, 0.5) is 24.9 Å². The van der Waals surface area contributed by atoms with E-state index in [1.807, 2.05) is 0 Å². The van der Waals surface area contributed by atoms with E-state index in [-0.39, 0.29) is 18.2 Å². The summed E-state index contributed by atoms with van der Waals surface area (Å²) in [6, 6.07) is 9.25. The van der Waals surface area contributed by atoms with Crippen LogP contribution < -0.4 is 16.0 Å². The average molecular weight is 374 g/mol. The lowest BCUT2D eigenvalue weighted by Gasteiger charge is -2.28. The van der Waals surface area contributed by atoms with Crippen molar-refractivity contribution in [2.45, 2.75) is 18.8 Å². The minimum atomic E-state index is -4.41. The fourth-order valence-electron chi connectivity index (χ4n) is 2.86. The SMILES string of the molecule is FC(F)(F)c1ccccc1CNc1nc(NC2CNC2)nc2ncccc12. The highest BCUT2D eigenvalue weighted by Crippen LogP contribution is 2.32. The summed E-state index contributed by atoms with van der Waals surface area (Å²) in [6.07, 6.45) is -2.79. The van der Waals surface area contributed by atoms with Gasteiger partial charge >= 0.3 is 6.18 Å².